The molecule has 1 heterocycles. The van der Waals surface area contributed by atoms with Crippen LogP contribution in [0.15, 0.2) is 53.4 Å². The molecule has 26 heavy (non-hydrogen) atoms. The molecule has 0 spiro atoms. The van der Waals surface area contributed by atoms with Gasteiger partial charge >= 0.3 is 0 Å². The van der Waals surface area contributed by atoms with Crippen LogP contribution in [0.1, 0.15) is 28.8 Å². The summed E-state index contributed by atoms with van der Waals surface area (Å²) in [7, 11) is -3.76. The number of hydrogen-bond acceptors (Lipinski definition) is 4. The highest BCUT2D eigenvalue weighted by Gasteiger charge is 2.19. The SMILES string of the molecule is Cc1cccc(NS(=O)(=O)c2cccc(C(=O)NC3CCCNC3)c2)c1. The van der Waals surface area contributed by atoms with Crippen LogP contribution in [-0.2, 0) is 10.0 Å². The lowest BCUT2D eigenvalue weighted by Crippen LogP contribution is -2.45. The van der Waals surface area contributed by atoms with Gasteiger partial charge in [-0.2, -0.15) is 0 Å². The summed E-state index contributed by atoms with van der Waals surface area (Å²) >= 11 is 0. The second-order valence-corrected chi connectivity index (χ2v) is 8.20. The number of benzene rings is 2. The van der Waals surface area contributed by atoms with Gasteiger partial charge in [-0.15, -0.1) is 0 Å². The minimum Gasteiger partial charge on any atom is -0.348 e. The summed E-state index contributed by atoms with van der Waals surface area (Å²) in [6.07, 6.45) is 1.94. The predicted octanol–water partition coefficient (Wildman–Crippen LogP) is 2.28. The fraction of sp³-hybridized carbons (Fsp3) is 0.316. The van der Waals surface area contributed by atoms with Gasteiger partial charge in [-0.1, -0.05) is 18.2 Å². The minimum absolute atomic E-state index is 0.0634. The molecule has 2 aromatic carbocycles. The number of carbonyl (C=O) groups is 1. The van der Waals surface area contributed by atoms with Gasteiger partial charge in [-0.3, -0.25) is 9.52 Å². The van der Waals surface area contributed by atoms with Crippen LogP contribution >= 0.6 is 0 Å². The summed E-state index contributed by atoms with van der Waals surface area (Å²) in [5.74, 6) is -0.258. The van der Waals surface area contributed by atoms with Gasteiger partial charge < -0.3 is 10.6 Å². The van der Waals surface area contributed by atoms with Crippen molar-refractivity contribution in [3.63, 3.8) is 0 Å². The molecule has 7 heteroatoms. The number of sulfonamides is 1. The number of aryl methyl sites for hydroxylation is 1. The van der Waals surface area contributed by atoms with Gasteiger partial charge in [0.1, 0.15) is 0 Å². The smallest absolute Gasteiger partial charge is 0.261 e. The Labute approximate surface area is 154 Å². The van der Waals surface area contributed by atoms with Crippen molar-refractivity contribution in [2.45, 2.75) is 30.7 Å². The Morgan fingerprint density at radius 2 is 1.96 bits per heavy atom. The second kappa shape index (κ2) is 7.88. The van der Waals surface area contributed by atoms with Crippen molar-refractivity contribution >= 4 is 21.6 Å². The highest BCUT2D eigenvalue weighted by Crippen LogP contribution is 2.18. The molecule has 1 fully saturated rings. The maximum absolute atomic E-state index is 12.6. The molecule has 138 valence electrons. The molecule has 0 aliphatic carbocycles. The third-order valence-corrected chi connectivity index (χ3v) is 5.69. The van der Waals surface area contributed by atoms with Crippen molar-refractivity contribution < 1.29 is 13.2 Å². The molecule has 1 atom stereocenters. The van der Waals surface area contributed by atoms with Crippen LogP contribution in [0.3, 0.4) is 0 Å². The number of carbonyl (C=O) groups excluding carboxylic acids is 1. The van der Waals surface area contributed by atoms with Gasteiger partial charge in [0.05, 0.1) is 4.90 Å². The molecular weight excluding hydrogens is 350 g/mol. The average molecular weight is 373 g/mol. The molecular formula is C19H23N3O3S. The Hall–Kier alpha value is -2.38. The lowest BCUT2D eigenvalue weighted by molar-refractivity contribution is 0.0930. The van der Waals surface area contributed by atoms with E-state index in [1.807, 2.05) is 13.0 Å². The second-order valence-electron chi connectivity index (χ2n) is 6.52. The van der Waals surface area contributed by atoms with E-state index in [0.717, 1.165) is 31.5 Å². The quantitative estimate of drug-likeness (QED) is 0.750. The normalized spacial score (nSPS) is 17.5. The number of anilines is 1. The van der Waals surface area contributed by atoms with E-state index in [-0.39, 0.29) is 16.8 Å². The molecule has 1 unspecified atom stereocenters. The van der Waals surface area contributed by atoms with Crippen molar-refractivity contribution in [3.8, 4) is 0 Å². The molecule has 2 aromatic rings. The lowest BCUT2D eigenvalue weighted by Gasteiger charge is -2.23. The Bertz CT molecular complexity index is 890. The Morgan fingerprint density at radius 3 is 2.69 bits per heavy atom. The minimum atomic E-state index is -3.76. The number of rotatable bonds is 5. The third kappa shape index (κ3) is 4.62. The highest BCUT2D eigenvalue weighted by atomic mass is 32.2. The van der Waals surface area contributed by atoms with E-state index in [1.165, 1.54) is 12.1 Å². The molecule has 0 saturated carbocycles. The van der Waals surface area contributed by atoms with Crippen LogP contribution in [0, 0.1) is 6.92 Å². The van der Waals surface area contributed by atoms with Gasteiger partial charge in [0, 0.05) is 23.8 Å². The zero-order valence-corrected chi connectivity index (χ0v) is 15.5. The summed E-state index contributed by atoms with van der Waals surface area (Å²) in [4.78, 5) is 12.5. The molecule has 1 saturated heterocycles. The van der Waals surface area contributed by atoms with Crippen molar-refractivity contribution in [3.05, 3.63) is 59.7 Å². The molecule has 3 rings (SSSR count). The first kappa shape index (κ1) is 18.4. The molecule has 1 amide bonds. The van der Waals surface area contributed by atoms with Gasteiger partial charge in [-0.05, 0) is 62.2 Å². The standard InChI is InChI=1S/C19H23N3O3S/c1-14-5-2-7-16(11-14)22-26(24,25)18-9-3-6-15(12-18)19(23)21-17-8-4-10-20-13-17/h2-3,5-7,9,11-12,17,20,22H,4,8,10,13H2,1H3,(H,21,23). The van der Waals surface area contributed by atoms with Crippen LogP contribution in [0.4, 0.5) is 5.69 Å². The van der Waals surface area contributed by atoms with Crippen LogP contribution in [0.25, 0.3) is 0 Å². The summed E-state index contributed by atoms with van der Waals surface area (Å²) in [6.45, 7) is 3.59. The van der Waals surface area contributed by atoms with Gasteiger partial charge in [-0.25, -0.2) is 8.42 Å². The molecule has 6 nitrogen and oxygen atoms in total. The zero-order chi connectivity index (χ0) is 18.6. The van der Waals surface area contributed by atoms with Crippen LogP contribution in [-0.4, -0.2) is 33.5 Å². The lowest BCUT2D eigenvalue weighted by atomic mass is 10.1. The van der Waals surface area contributed by atoms with E-state index in [2.05, 4.69) is 15.4 Å². The zero-order valence-electron chi connectivity index (χ0n) is 14.7. The molecule has 1 aliphatic rings. The van der Waals surface area contributed by atoms with Gasteiger partial charge in [0.2, 0.25) is 0 Å². The number of piperidine rings is 1. The summed E-state index contributed by atoms with van der Waals surface area (Å²) in [6, 6.07) is 13.3. The predicted molar refractivity (Wildman–Crippen MR) is 102 cm³/mol. The van der Waals surface area contributed by atoms with E-state index in [4.69, 9.17) is 0 Å². The molecule has 0 bridgehead atoms. The summed E-state index contributed by atoms with van der Waals surface area (Å²) in [5.41, 5.74) is 1.79. The average Bonchev–Trinajstić information content (AvgIpc) is 2.62. The van der Waals surface area contributed by atoms with Crippen molar-refractivity contribution in [2.75, 3.05) is 17.8 Å². The first-order chi connectivity index (χ1) is 12.4. The van der Waals surface area contributed by atoms with Crippen molar-refractivity contribution in [2.24, 2.45) is 0 Å². The van der Waals surface area contributed by atoms with Crippen LogP contribution in [0.2, 0.25) is 0 Å². The highest BCUT2D eigenvalue weighted by molar-refractivity contribution is 7.92. The molecule has 3 N–H and O–H groups in total. The maximum Gasteiger partial charge on any atom is 0.261 e. The fourth-order valence-corrected chi connectivity index (χ4v) is 4.07. The topological polar surface area (TPSA) is 87.3 Å². The maximum atomic E-state index is 12.6. The van der Waals surface area contributed by atoms with Gasteiger partial charge in [0.15, 0.2) is 0 Å². The molecule has 0 aromatic heterocycles. The van der Waals surface area contributed by atoms with Crippen LogP contribution < -0.4 is 15.4 Å². The third-order valence-electron chi connectivity index (χ3n) is 4.31. The summed E-state index contributed by atoms with van der Waals surface area (Å²) in [5, 5.41) is 6.19. The Morgan fingerprint density at radius 1 is 1.15 bits per heavy atom. The van der Waals surface area contributed by atoms with E-state index in [9.17, 15) is 13.2 Å². The largest absolute Gasteiger partial charge is 0.348 e. The van der Waals surface area contributed by atoms with E-state index in [1.54, 1.807) is 30.3 Å². The number of amides is 1. The van der Waals surface area contributed by atoms with Crippen LogP contribution in [0.5, 0.6) is 0 Å². The van der Waals surface area contributed by atoms with Crippen molar-refractivity contribution in [1.82, 2.24) is 10.6 Å². The van der Waals surface area contributed by atoms with Gasteiger partial charge in [0.25, 0.3) is 15.9 Å². The first-order valence-electron chi connectivity index (χ1n) is 8.65. The monoisotopic (exact) mass is 373 g/mol. The van der Waals surface area contributed by atoms with Crippen molar-refractivity contribution in [1.29, 1.82) is 0 Å². The van der Waals surface area contributed by atoms with E-state index in [0.29, 0.717) is 11.3 Å². The van der Waals surface area contributed by atoms with E-state index >= 15 is 0 Å². The van der Waals surface area contributed by atoms with E-state index < -0.39 is 10.0 Å². The fourth-order valence-electron chi connectivity index (χ4n) is 2.97. The number of nitrogens with one attached hydrogen (secondary N) is 3. The Balaban J connectivity index is 1.76. The molecule has 1 aliphatic heterocycles. The molecule has 0 radical (unpaired) electrons. The Kier molecular flexibility index (Phi) is 5.58. The summed E-state index contributed by atoms with van der Waals surface area (Å²) < 4.78 is 27.8. The first-order valence-corrected chi connectivity index (χ1v) is 10.1. The number of hydrogen-bond donors (Lipinski definition) is 3.